The molecule has 1 N–H and O–H groups in total. The fraction of sp³-hybridized carbons (Fsp3) is 0.500. The monoisotopic (exact) mass is 272 g/mol. The number of aliphatic hydroxyl groups excluding tert-OH is 1. The van der Waals surface area contributed by atoms with Crippen LogP contribution in [-0.4, -0.2) is 36.0 Å². The molecule has 0 amide bonds. The lowest BCUT2D eigenvalue weighted by atomic mass is 10.4. The highest BCUT2D eigenvalue weighted by atomic mass is 35.5. The average molecular weight is 273 g/mol. The fourth-order valence-electron chi connectivity index (χ4n) is 1.73. The Morgan fingerprint density at radius 3 is 2.56 bits per heavy atom. The quantitative estimate of drug-likeness (QED) is 0.576. The van der Waals surface area contributed by atoms with Gasteiger partial charge in [0.1, 0.15) is 5.52 Å². The van der Waals surface area contributed by atoms with Gasteiger partial charge in [-0.25, -0.2) is 0 Å². The maximum absolute atomic E-state index is 11.6. The molecule has 0 fully saturated rings. The molecule has 0 aliphatic heterocycles. The molecule has 0 spiro atoms. The van der Waals surface area contributed by atoms with Gasteiger partial charge < -0.3 is 9.67 Å². The first kappa shape index (κ1) is 12.8. The van der Waals surface area contributed by atoms with Crippen LogP contribution in [0, 0.1) is 0 Å². The minimum absolute atomic E-state index is 0.0913. The molecule has 7 nitrogen and oxygen atoms in total. The third-order valence-corrected chi connectivity index (χ3v) is 3.13. The van der Waals surface area contributed by atoms with E-state index in [1.54, 1.807) is 6.20 Å². The second-order valence-corrected chi connectivity index (χ2v) is 4.41. The van der Waals surface area contributed by atoms with Crippen LogP contribution in [0.3, 0.4) is 0 Å². The Kier molecular flexibility index (Phi) is 3.27. The number of fused-ring (bicyclic) bond motifs is 1. The summed E-state index contributed by atoms with van der Waals surface area (Å²) in [6, 6.07) is 0. The average Bonchev–Trinajstić information content (AvgIpc) is 2.77. The molecule has 2 heterocycles. The van der Waals surface area contributed by atoms with E-state index in [4.69, 9.17) is 11.6 Å². The summed E-state index contributed by atoms with van der Waals surface area (Å²) in [5.41, 5.74) is -0.316. The molecule has 0 aliphatic rings. The number of aromatic nitrogens is 4. The molecule has 0 aromatic carbocycles. The van der Waals surface area contributed by atoms with Gasteiger partial charge in [-0.05, 0) is 0 Å². The maximum atomic E-state index is 11.6. The highest BCUT2D eigenvalue weighted by molar-refractivity contribution is 6.18. The third kappa shape index (κ3) is 1.95. The molecular weight excluding hydrogens is 260 g/mol. The van der Waals surface area contributed by atoms with E-state index in [-0.39, 0.29) is 12.4 Å². The van der Waals surface area contributed by atoms with Gasteiger partial charge in [-0.1, -0.05) is 0 Å². The highest BCUT2D eigenvalue weighted by Crippen LogP contribution is 2.07. The Labute approximate surface area is 107 Å². The summed E-state index contributed by atoms with van der Waals surface area (Å²) in [5.74, 6) is 0.0913. The zero-order valence-electron chi connectivity index (χ0n) is 10.00. The third-order valence-electron chi connectivity index (χ3n) is 2.77. The predicted molar refractivity (Wildman–Crippen MR) is 66.9 cm³/mol. The zero-order chi connectivity index (χ0) is 13.4. The molecule has 8 heteroatoms. The number of aryl methyl sites for hydroxylation is 2. The first-order chi connectivity index (χ1) is 8.45. The van der Waals surface area contributed by atoms with Crippen LogP contribution in [-0.2, 0) is 20.6 Å². The van der Waals surface area contributed by atoms with E-state index in [0.717, 1.165) is 0 Å². The van der Waals surface area contributed by atoms with Crippen LogP contribution >= 0.6 is 11.6 Å². The molecule has 18 heavy (non-hydrogen) atoms. The summed E-state index contributed by atoms with van der Waals surface area (Å²) in [7, 11) is 3.00. The molecular formula is C10H13ClN4O3. The second-order valence-electron chi connectivity index (χ2n) is 4.10. The summed E-state index contributed by atoms with van der Waals surface area (Å²) in [6.07, 6.45) is 0.876. The van der Waals surface area contributed by atoms with Crippen molar-refractivity contribution in [1.82, 2.24) is 18.9 Å². The van der Waals surface area contributed by atoms with Gasteiger partial charge >= 0.3 is 11.1 Å². The van der Waals surface area contributed by atoms with Gasteiger partial charge in [-0.3, -0.25) is 18.8 Å². The molecule has 0 aliphatic carbocycles. The smallest absolute Gasteiger partial charge is 0.317 e. The van der Waals surface area contributed by atoms with E-state index < -0.39 is 17.2 Å². The fourth-order valence-corrected chi connectivity index (χ4v) is 1.82. The molecule has 0 saturated heterocycles. The van der Waals surface area contributed by atoms with Crippen LogP contribution in [0.1, 0.15) is 0 Å². The number of aliphatic hydroxyl groups is 1. The molecule has 0 radical (unpaired) electrons. The van der Waals surface area contributed by atoms with E-state index in [1.807, 2.05) is 0 Å². The molecule has 98 valence electrons. The summed E-state index contributed by atoms with van der Waals surface area (Å²) in [4.78, 5) is 23.2. The van der Waals surface area contributed by atoms with E-state index in [0.29, 0.717) is 11.2 Å². The number of hydrogen-bond acceptors (Lipinski definition) is 4. The van der Waals surface area contributed by atoms with Crippen molar-refractivity contribution in [2.24, 2.45) is 14.1 Å². The van der Waals surface area contributed by atoms with Crippen LogP contribution in [0.15, 0.2) is 15.8 Å². The topological polar surface area (TPSA) is 82.0 Å². The van der Waals surface area contributed by atoms with Gasteiger partial charge in [0.05, 0.1) is 24.7 Å². The van der Waals surface area contributed by atoms with Crippen molar-refractivity contribution < 1.29 is 5.11 Å². The molecule has 0 saturated carbocycles. The maximum Gasteiger partial charge on any atom is 0.317 e. The van der Waals surface area contributed by atoms with Gasteiger partial charge in [0.2, 0.25) is 0 Å². The van der Waals surface area contributed by atoms with Crippen molar-refractivity contribution in [1.29, 1.82) is 0 Å². The molecule has 2 aromatic heterocycles. The van der Waals surface area contributed by atoms with Crippen molar-refractivity contribution in [3.8, 4) is 0 Å². The first-order valence-electron chi connectivity index (χ1n) is 5.33. The standard InChI is InChI=1S/C10H13ClN4O3/c1-13-7-5-15(4-6(16)3-11)12-8(7)14(2)10(18)9(13)17/h5-6,16H,3-4H2,1-2H3/t6-/m0/s1. The molecule has 1 atom stereocenters. The number of alkyl halides is 1. The van der Waals surface area contributed by atoms with E-state index in [1.165, 1.54) is 27.9 Å². The lowest BCUT2D eigenvalue weighted by Crippen LogP contribution is -2.39. The number of halogens is 1. The molecule has 0 unspecified atom stereocenters. The van der Waals surface area contributed by atoms with Crippen LogP contribution in [0.25, 0.3) is 11.2 Å². The van der Waals surface area contributed by atoms with Crippen LogP contribution in [0.5, 0.6) is 0 Å². The minimum atomic E-state index is -0.727. The normalized spacial score (nSPS) is 13.1. The Morgan fingerprint density at radius 1 is 1.33 bits per heavy atom. The van der Waals surface area contributed by atoms with Gasteiger partial charge in [0.15, 0.2) is 5.65 Å². The van der Waals surface area contributed by atoms with E-state index >= 15 is 0 Å². The summed E-state index contributed by atoms with van der Waals surface area (Å²) in [5, 5.41) is 13.6. The molecule has 0 bridgehead atoms. The van der Waals surface area contributed by atoms with Gasteiger partial charge in [-0.2, -0.15) is 5.10 Å². The zero-order valence-corrected chi connectivity index (χ0v) is 10.8. The summed E-state index contributed by atoms with van der Waals surface area (Å²) >= 11 is 5.51. The van der Waals surface area contributed by atoms with Gasteiger partial charge in [0.25, 0.3) is 0 Å². The number of nitrogens with zero attached hydrogens (tertiary/aromatic N) is 4. The van der Waals surface area contributed by atoms with Crippen molar-refractivity contribution >= 4 is 22.8 Å². The van der Waals surface area contributed by atoms with Crippen LogP contribution in [0.2, 0.25) is 0 Å². The number of hydrogen-bond donors (Lipinski definition) is 1. The molecule has 2 rings (SSSR count). The summed E-state index contributed by atoms with van der Waals surface area (Å²) < 4.78 is 3.91. The SMILES string of the molecule is Cn1c(=O)c(=O)n(C)c2nn(C[C@@H](O)CCl)cc21. The van der Waals surface area contributed by atoms with Crippen molar-refractivity contribution in [3.63, 3.8) is 0 Å². The Bertz CT molecular complexity index is 646. The molecule has 2 aromatic rings. The Morgan fingerprint density at radius 2 is 1.94 bits per heavy atom. The van der Waals surface area contributed by atoms with Crippen molar-refractivity contribution in [2.75, 3.05) is 5.88 Å². The lowest BCUT2D eigenvalue weighted by molar-refractivity contribution is 0.172. The second kappa shape index (κ2) is 4.58. The largest absolute Gasteiger partial charge is 0.390 e. The Hall–Kier alpha value is -1.60. The van der Waals surface area contributed by atoms with E-state index in [2.05, 4.69) is 5.10 Å². The van der Waals surface area contributed by atoms with Crippen molar-refractivity contribution in [2.45, 2.75) is 12.6 Å². The van der Waals surface area contributed by atoms with Crippen molar-refractivity contribution in [3.05, 3.63) is 26.9 Å². The van der Waals surface area contributed by atoms with Gasteiger partial charge in [-0.15, -0.1) is 11.6 Å². The highest BCUT2D eigenvalue weighted by Gasteiger charge is 2.13. The van der Waals surface area contributed by atoms with Gasteiger partial charge in [0, 0.05) is 14.1 Å². The van der Waals surface area contributed by atoms with Crippen LogP contribution in [0.4, 0.5) is 0 Å². The van der Waals surface area contributed by atoms with E-state index in [9.17, 15) is 14.7 Å². The van der Waals surface area contributed by atoms with Crippen LogP contribution < -0.4 is 11.1 Å². The predicted octanol–water partition coefficient (Wildman–Crippen LogP) is -0.967. The number of rotatable bonds is 3. The summed E-state index contributed by atoms with van der Waals surface area (Å²) in [6.45, 7) is 0.209. The Balaban J connectivity index is 2.65. The minimum Gasteiger partial charge on any atom is -0.390 e. The first-order valence-corrected chi connectivity index (χ1v) is 5.86. The lowest BCUT2D eigenvalue weighted by Gasteiger charge is -2.05.